The number of ether oxygens (including phenoxy) is 1. The molecular formula is C25H26N2O5. The molecule has 0 spiro atoms. The number of rotatable bonds is 7. The Bertz CT molecular complexity index is 1180. The summed E-state index contributed by atoms with van der Waals surface area (Å²) >= 11 is 0. The summed E-state index contributed by atoms with van der Waals surface area (Å²) in [4.78, 5) is 30.6. The first-order chi connectivity index (χ1) is 15.4. The van der Waals surface area contributed by atoms with Gasteiger partial charge in [-0.05, 0) is 44.0 Å². The van der Waals surface area contributed by atoms with Crippen LogP contribution in [0.15, 0.2) is 60.3 Å². The lowest BCUT2D eigenvalue weighted by Crippen LogP contribution is -2.31. The maximum Gasteiger partial charge on any atom is 0.295 e. The average molecular weight is 434 g/mol. The zero-order chi connectivity index (χ0) is 22.8. The molecule has 7 nitrogen and oxygen atoms in total. The predicted molar refractivity (Wildman–Crippen MR) is 121 cm³/mol. The van der Waals surface area contributed by atoms with Crippen molar-refractivity contribution < 1.29 is 24.5 Å². The lowest BCUT2D eigenvalue weighted by atomic mass is 9.95. The van der Waals surface area contributed by atoms with E-state index in [-0.39, 0.29) is 23.2 Å². The number of hydrogen-bond donors (Lipinski definition) is 3. The zero-order valence-corrected chi connectivity index (χ0v) is 18.0. The number of Topliss-reactive ketones (excluding diaryl/α,β-unsaturated/α-hetero) is 1. The average Bonchev–Trinajstić information content (AvgIpc) is 3.31. The number of H-pyrrole nitrogens is 1. The minimum absolute atomic E-state index is 0.0372. The van der Waals surface area contributed by atoms with Gasteiger partial charge in [-0.25, -0.2) is 0 Å². The molecule has 2 aromatic carbocycles. The van der Waals surface area contributed by atoms with Gasteiger partial charge in [0.2, 0.25) is 0 Å². The molecule has 32 heavy (non-hydrogen) atoms. The number of nitrogens with zero attached hydrogens (tertiary/aromatic N) is 1. The summed E-state index contributed by atoms with van der Waals surface area (Å²) in [5.41, 5.74) is 1.95. The normalized spacial score (nSPS) is 18.2. The van der Waals surface area contributed by atoms with E-state index in [4.69, 9.17) is 4.74 Å². The summed E-state index contributed by atoms with van der Waals surface area (Å²) in [6.45, 7) is 4.62. The number of aromatic hydroxyl groups is 1. The molecule has 7 heteroatoms. The minimum atomic E-state index is -0.761. The number of likely N-dealkylation sites (tertiary alicyclic amines) is 1. The highest BCUT2D eigenvalue weighted by molar-refractivity contribution is 6.46. The van der Waals surface area contributed by atoms with Gasteiger partial charge in [0.1, 0.15) is 11.5 Å². The van der Waals surface area contributed by atoms with Crippen LogP contribution in [-0.2, 0) is 14.3 Å². The summed E-state index contributed by atoms with van der Waals surface area (Å²) in [6.07, 6.45) is 2.25. The zero-order valence-electron chi connectivity index (χ0n) is 18.0. The summed E-state index contributed by atoms with van der Waals surface area (Å²) in [6, 6.07) is 13.0. The Kier molecular flexibility index (Phi) is 6.01. The van der Waals surface area contributed by atoms with Crippen molar-refractivity contribution in [1.82, 2.24) is 9.88 Å². The highest BCUT2D eigenvalue weighted by Gasteiger charge is 2.46. The van der Waals surface area contributed by atoms with Crippen molar-refractivity contribution in [2.24, 2.45) is 0 Å². The predicted octanol–water partition coefficient (Wildman–Crippen LogP) is 4.11. The Labute approximate surface area is 185 Å². The number of aliphatic hydroxyl groups excluding tert-OH is 1. The highest BCUT2D eigenvalue weighted by atomic mass is 16.5. The number of ketones is 1. The number of carbonyl (C=O) groups is 2. The second-order valence-corrected chi connectivity index (χ2v) is 8.11. The van der Waals surface area contributed by atoms with Gasteiger partial charge in [-0.15, -0.1) is 0 Å². The van der Waals surface area contributed by atoms with Crippen LogP contribution >= 0.6 is 0 Å². The number of benzene rings is 2. The quantitative estimate of drug-likeness (QED) is 0.225. The van der Waals surface area contributed by atoms with E-state index in [9.17, 15) is 19.8 Å². The number of fused-ring (bicyclic) bond motifs is 1. The molecule has 1 aromatic heterocycles. The maximum atomic E-state index is 13.1. The third kappa shape index (κ3) is 3.99. The van der Waals surface area contributed by atoms with Crippen molar-refractivity contribution in [3.05, 3.63) is 71.4 Å². The summed E-state index contributed by atoms with van der Waals surface area (Å²) in [7, 11) is 0. The number of para-hydroxylation sites is 1. The number of carbonyl (C=O) groups excluding carboxylic acids is 2. The number of aromatic amines is 1. The summed E-state index contributed by atoms with van der Waals surface area (Å²) < 4.78 is 5.58. The van der Waals surface area contributed by atoms with Crippen LogP contribution in [0, 0.1) is 0 Å². The molecule has 1 atom stereocenters. The molecule has 0 radical (unpaired) electrons. The highest BCUT2D eigenvalue weighted by Crippen LogP contribution is 2.40. The van der Waals surface area contributed by atoms with Gasteiger partial charge in [-0.2, -0.15) is 0 Å². The van der Waals surface area contributed by atoms with Crippen LogP contribution in [0.4, 0.5) is 0 Å². The maximum absolute atomic E-state index is 13.1. The largest absolute Gasteiger partial charge is 0.508 e. The third-order valence-corrected chi connectivity index (χ3v) is 5.59. The monoisotopic (exact) mass is 434 g/mol. The molecule has 0 bridgehead atoms. The first-order valence-electron chi connectivity index (χ1n) is 10.6. The van der Waals surface area contributed by atoms with E-state index in [2.05, 4.69) is 4.98 Å². The van der Waals surface area contributed by atoms with Gasteiger partial charge in [0.05, 0.1) is 17.7 Å². The number of hydrogen-bond acceptors (Lipinski definition) is 5. The minimum Gasteiger partial charge on any atom is -0.508 e. The van der Waals surface area contributed by atoms with E-state index >= 15 is 0 Å². The molecule has 166 valence electrons. The number of phenolic OH excluding ortho intramolecular Hbond substituents is 1. The number of phenols is 1. The van der Waals surface area contributed by atoms with Gasteiger partial charge in [-0.3, -0.25) is 9.59 Å². The lowest BCUT2D eigenvalue weighted by Gasteiger charge is -2.25. The molecule has 1 fully saturated rings. The SMILES string of the molecule is CC(C)OCCCN1C(=O)C(=O)/C(=C(\O)c2c[nH]c3ccccc23)C1c1ccc(O)cc1. The molecule has 0 saturated carbocycles. The number of nitrogens with one attached hydrogen (secondary N) is 1. The van der Waals surface area contributed by atoms with Crippen LogP contribution in [0.2, 0.25) is 0 Å². The number of amides is 1. The van der Waals surface area contributed by atoms with Gasteiger partial charge >= 0.3 is 0 Å². The van der Waals surface area contributed by atoms with Crippen LogP contribution in [-0.4, -0.2) is 51.0 Å². The molecule has 3 aromatic rings. The van der Waals surface area contributed by atoms with Gasteiger partial charge in [0.15, 0.2) is 0 Å². The van der Waals surface area contributed by atoms with Gasteiger partial charge in [0, 0.05) is 35.8 Å². The Balaban J connectivity index is 1.78. The molecule has 4 rings (SSSR count). The molecule has 0 aliphatic carbocycles. The Morgan fingerprint density at radius 3 is 2.56 bits per heavy atom. The van der Waals surface area contributed by atoms with Gasteiger partial charge < -0.3 is 24.8 Å². The second kappa shape index (κ2) is 8.88. The second-order valence-electron chi connectivity index (χ2n) is 8.11. The molecule has 1 amide bonds. The molecule has 1 aliphatic heterocycles. The standard InChI is InChI=1S/C25H26N2O5/c1-15(2)32-13-5-12-27-22(16-8-10-17(28)11-9-16)21(24(30)25(27)31)23(29)19-14-26-20-7-4-3-6-18(19)20/h3-4,6-11,14-15,22,26,28-29H,5,12-13H2,1-2H3/b23-21-. The summed E-state index contributed by atoms with van der Waals surface area (Å²) in [5, 5.41) is 21.7. The summed E-state index contributed by atoms with van der Waals surface area (Å²) in [5.74, 6) is -1.53. The van der Waals surface area contributed by atoms with Crippen molar-refractivity contribution in [3.63, 3.8) is 0 Å². The van der Waals surface area contributed by atoms with Crippen molar-refractivity contribution >= 4 is 28.4 Å². The molecule has 3 N–H and O–H groups in total. The topological polar surface area (TPSA) is 103 Å². The van der Waals surface area contributed by atoms with Crippen molar-refractivity contribution in [2.45, 2.75) is 32.4 Å². The van der Waals surface area contributed by atoms with Crippen LogP contribution in [0.3, 0.4) is 0 Å². The molecule has 1 unspecified atom stereocenters. The first kappa shape index (κ1) is 21.6. The fourth-order valence-electron chi connectivity index (χ4n) is 4.08. The lowest BCUT2D eigenvalue weighted by molar-refractivity contribution is -0.140. The van der Waals surface area contributed by atoms with Crippen molar-refractivity contribution in [3.8, 4) is 5.75 Å². The van der Waals surface area contributed by atoms with Gasteiger partial charge in [-0.1, -0.05) is 30.3 Å². The number of aliphatic hydroxyl groups is 1. The third-order valence-electron chi connectivity index (χ3n) is 5.59. The van der Waals surface area contributed by atoms with Crippen LogP contribution in [0.5, 0.6) is 5.75 Å². The molecule has 1 aliphatic rings. The molecule has 2 heterocycles. The Morgan fingerprint density at radius 2 is 1.84 bits per heavy atom. The van der Waals surface area contributed by atoms with E-state index < -0.39 is 17.7 Å². The Hall–Kier alpha value is -3.58. The van der Waals surface area contributed by atoms with Gasteiger partial charge in [0.25, 0.3) is 11.7 Å². The van der Waals surface area contributed by atoms with E-state index in [1.807, 2.05) is 38.1 Å². The van der Waals surface area contributed by atoms with E-state index in [0.717, 1.165) is 10.9 Å². The molecular weight excluding hydrogens is 408 g/mol. The van der Waals surface area contributed by atoms with Crippen LogP contribution in [0.25, 0.3) is 16.7 Å². The van der Waals surface area contributed by atoms with Crippen molar-refractivity contribution in [2.75, 3.05) is 13.2 Å². The van der Waals surface area contributed by atoms with Crippen LogP contribution in [0.1, 0.15) is 37.4 Å². The first-order valence-corrected chi connectivity index (χ1v) is 10.6. The fourth-order valence-corrected chi connectivity index (χ4v) is 4.08. The van der Waals surface area contributed by atoms with Crippen LogP contribution < -0.4 is 0 Å². The van der Waals surface area contributed by atoms with E-state index in [1.54, 1.807) is 18.3 Å². The fraction of sp³-hybridized carbons (Fsp3) is 0.280. The van der Waals surface area contributed by atoms with E-state index in [1.165, 1.54) is 17.0 Å². The van der Waals surface area contributed by atoms with E-state index in [0.29, 0.717) is 30.7 Å². The molecule has 1 saturated heterocycles. The smallest absolute Gasteiger partial charge is 0.295 e. The van der Waals surface area contributed by atoms with Crippen molar-refractivity contribution in [1.29, 1.82) is 0 Å². The Morgan fingerprint density at radius 1 is 1.12 bits per heavy atom. The number of aromatic nitrogens is 1.